The smallest absolute Gasteiger partial charge is 0.379 e. The van der Waals surface area contributed by atoms with Crippen LogP contribution in [0.2, 0.25) is 0 Å². The molecule has 8 heteroatoms. The van der Waals surface area contributed by atoms with Gasteiger partial charge in [-0.2, -0.15) is 0 Å². The lowest BCUT2D eigenvalue weighted by molar-refractivity contribution is -0.230. The predicted octanol–water partition coefficient (Wildman–Crippen LogP) is 0.873. The van der Waals surface area contributed by atoms with Gasteiger partial charge >= 0.3 is 17.7 Å². The molecule has 2 aliphatic rings. The van der Waals surface area contributed by atoms with Gasteiger partial charge < -0.3 is 28.8 Å². The Morgan fingerprint density at radius 3 is 2.50 bits per heavy atom. The molecule has 0 amide bonds. The summed E-state index contributed by atoms with van der Waals surface area (Å²) in [5, 5.41) is 10.6. The number of hydrogen-bond donors (Lipinski definition) is 1. The van der Waals surface area contributed by atoms with E-state index in [-0.39, 0.29) is 32.0 Å². The first-order valence-corrected chi connectivity index (χ1v) is 8.00. The minimum atomic E-state index is -2.27. The zero-order chi connectivity index (χ0) is 18.0. The summed E-state index contributed by atoms with van der Waals surface area (Å²) in [5.41, 5.74) is 0. The first-order chi connectivity index (χ1) is 11.2. The van der Waals surface area contributed by atoms with Crippen molar-refractivity contribution in [3.63, 3.8) is 0 Å². The lowest BCUT2D eigenvalue weighted by Gasteiger charge is -2.35. The van der Waals surface area contributed by atoms with Crippen LogP contribution in [0.25, 0.3) is 0 Å². The highest BCUT2D eigenvalue weighted by Gasteiger charge is 2.50. The molecule has 0 spiro atoms. The second kappa shape index (κ2) is 7.08. The molecule has 3 atom stereocenters. The van der Waals surface area contributed by atoms with Crippen LogP contribution in [0.1, 0.15) is 34.1 Å². The van der Waals surface area contributed by atoms with Gasteiger partial charge in [-0.15, -0.1) is 0 Å². The minimum Gasteiger partial charge on any atom is -0.461 e. The predicted molar refractivity (Wildman–Crippen MR) is 80.4 cm³/mol. The molecule has 1 N–H and O–H groups in total. The Bertz CT molecular complexity index is 526. The van der Waals surface area contributed by atoms with Gasteiger partial charge in [0.2, 0.25) is 5.76 Å². The van der Waals surface area contributed by atoms with Gasteiger partial charge in [0, 0.05) is 12.3 Å². The summed E-state index contributed by atoms with van der Waals surface area (Å²) in [7, 11) is 0. The van der Waals surface area contributed by atoms with Crippen LogP contribution in [-0.4, -0.2) is 54.5 Å². The zero-order valence-corrected chi connectivity index (χ0v) is 14.4. The quantitative estimate of drug-likeness (QED) is 0.734. The van der Waals surface area contributed by atoms with Gasteiger partial charge in [-0.3, -0.25) is 0 Å². The van der Waals surface area contributed by atoms with Crippen molar-refractivity contribution < 1.29 is 38.4 Å². The SMILES string of the molecule is CCOC(=O)C1=CC(C2COC(C)(C)O2)CC(O)(C(=O)OCC)O1. The highest BCUT2D eigenvalue weighted by Crippen LogP contribution is 2.37. The van der Waals surface area contributed by atoms with E-state index in [1.165, 1.54) is 6.08 Å². The number of aliphatic hydroxyl groups is 1. The second-order valence-corrected chi connectivity index (χ2v) is 6.09. The van der Waals surface area contributed by atoms with E-state index in [4.69, 9.17) is 23.7 Å². The summed E-state index contributed by atoms with van der Waals surface area (Å²) in [4.78, 5) is 24.1. The molecule has 3 unspecified atom stereocenters. The molecule has 0 aromatic carbocycles. The maximum Gasteiger partial charge on any atom is 0.379 e. The molecule has 1 saturated heterocycles. The van der Waals surface area contributed by atoms with E-state index >= 15 is 0 Å². The van der Waals surface area contributed by atoms with Crippen LogP contribution >= 0.6 is 0 Å². The van der Waals surface area contributed by atoms with E-state index in [0.29, 0.717) is 0 Å². The van der Waals surface area contributed by atoms with Crippen molar-refractivity contribution in [3.05, 3.63) is 11.8 Å². The zero-order valence-electron chi connectivity index (χ0n) is 14.4. The van der Waals surface area contributed by atoms with Gasteiger partial charge in [0.15, 0.2) is 5.79 Å². The molecular weight excluding hydrogens is 320 g/mol. The highest BCUT2D eigenvalue weighted by atomic mass is 16.7. The van der Waals surface area contributed by atoms with Crippen molar-refractivity contribution in [2.45, 2.75) is 51.8 Å². The van der Waals surface area contributed by atoms with E-state index in [2.05, 4.69) is 0 Å². The fourth-order valence-electron chi connectivity index (χ4n) is 2.68. The van der Waals surface area contributed by atoms with Gasteiger partial charge in [0.25, 0.3) is 0 Å². The molecule has 0 aromatic rings. The molecular formula is C16H24O8. The number of hydrogen-bond acceptors (Lipinski definition) is 8. The van der Waals surface area contributed by atoms with Gasteiger partial charge in [-0.1, -0.05) is 0 Å². The van der Waals surface area contributed by atoms with Crippen LogP contribution in [0, 0.1) is 5.92 Å². The first kappa shape index (κ1) is 18.7. The van der Waals surface area contributed by atoms with Crippen molar-refractivity contribution in [1.82, 2.24) is 0 Å². The molecule has 2 aliphatic heterocycles. The summed E-state index contributed by atoms with van der Waals surface area (Å²) in [6.07, 6.45) is 0.953. The van der Waals surface area contributed by atoms with Crippen LogP contribution in [-0.2, 0) is 33.3 Å². The molecule has 2 rings (SSSR count). The van der Waals surface area contributed by atoms with Crippen LogP contribution in [0.15, 0.2) is 11.8 Å². The Morgan fingerprint density at radius 2 is 1.96 bits per heavy atom. The monoisotopic (exact) mass is 344 g/mol. The van der Waals surface area contributed by atoms with Crippen molar-refractivity contribution in [3.8, 4) is 0 Å². The summed E-state index contributed by atoms with van der Waals surface area (Å²) in [6.45, 7) is 7.26. The molecule has 0 aliphatic carbocycles. The topological polar surface area (TPSA) is 101 Å². The minimum absolute atomic E-state index is 0.0731. The Hall–Kier alpha value is -1.64. The van der Waals surface area contributed by atoms with Crippen LogP contribution in [0.5, 0.6) is 0 Å². The summed E-state index contributed by atoms with van der Waals surface area (Å²) in [5.74, 6) is -5.48. The van der Waals surface area contributed by atoms with Crippen molar-refractivity contribution >= 4 is 11.9 Å². The number of ether oxygens (including phenoxy) is 5. The average molecular weight is 344 g/mol. The first-order valence-electron chi connectivity index (χ1n) is 8.00. The van der Waals surface area contributed by atoms with E-state index in [1.807, 2.05) is 0 Å². The maximum absolute atomic E-state index is 12.1. The van der Waals surface area contributed by atoms with Gasteiger partial charge in [-0.25, -0.2) is 9.59 Å². The molecule has 24 heavy (non-hydrogen) atoms. The van der Waals surface area contributed by atoms with E-state index < -0.39 is 35.5 Å². The van der Waals surface area contributed by atoms with E-state index in [0.717, 1.165) is 0 Å². The van der Waals surface area contributed by atoms with E-state index in [9.17, 15) is 14.7 Å². The molecule has 0 bridgehead atoms. The summed E-state index contributed by atoms with van der Waals surface area (Å²) < 4.78 is 26.3. The molecule has 136 valence electrons. The number of carbonyl (C=O) groups excluding carboxylic acids is 2. The van der Waals surface area contributed by atoms with Crippen molar-refractivity contribution in [2.24, 2.45) is 5.92 Å². The Morgan fingerprint density at radius 1 is 1.29 bits per heavy atom. The van der Waals surface area contributed by atoms with Gasteiger partial charge in [0.05, 0.1) is 25.9 Å². The third kappa shape index (κ3) is 4.06. The molecule has 1 fully saturated rings. The fourth-order valence-corrected chi connectivity index (χ4v) is 2.68. The summed E-state index contributed by atoms with van der Waals surface area (Å²) in [6, 6.07) is 0. The molecule has 0 aromatic heterocycles. The molecule has 0 radical (unpaired) electrons. The highest BCUT2D eigenvalue weighted by molar-refractivity contribution is 5.88. The van der Waals surface area contributed by atoms with Crippen molar-refractivity contribution in [1.29, 1.82) is 0 Å². The second-order valence-electron chi connectivity index (χ2n) is 6.09. The van der Waals surface area contributed by atoms with Crippen molar-refractivity contribution in [2.75, 3.05) is 19.8 Å². The Kier molecular flexibility index (Phi) is 5.52. The average Bonchev–Trinajstić information content (AvgIpc) is 2.87. The third-order valence-electron chi connectivity index (χ3n) is 3.74. The largest absolute Gasteiger partial charge is 0.461 e. The molecule has 2 heterocycles. The number of esters is 2. The van der Waals surface area contributed by atoms with Gasteiger partial charge in [-0.05, 0) is 33.8 Å². The number of rotatable bonds is 5. The maximum atomic E-state index is 12.1. The Labute approximate surface area is 140 Å². The number of carbonyl (C=O) groups is 2. The van der Waals surface area contributed by atoms with Crippen LogP contribution < -0.4 is 0 Å². The van der Waals surface area contributed by atoms with Gasteiger partial charge in [0.1, 0.15) is 0 Å². The molecule has 8 nitrogen and oxygen atoms in total. The normalized spacial score (nSPS) is 31.8. The van der Waals surface area contributed by atoms with Crippen LogP contribution in [0.4, 0.5) is 0 Å². The molecule has 0 saturated carbocycles. The lowest BCUT2D eigenvalue weighted by Crippen LogP contribution is -2.49. The fraction of sp³-hybridized carbons (Fsp3) is 0.750. The van der Waals surface area contributed by atoms with E-state index in [1.54, 1.807) is 27.7 Å². The van der Waals surface area contributed by atoms with Crippen LogP contribution in [0.3, 0.4) is 0 Å². The Balaban J connectivity index is 2.26. The standard InChI is InChI=1S/C16H24O8/c1-5-20-13(17)11-7-10(12-9-22-15(3,4)23-12)8-16(19,24-11)14(18)21-6-2/h7,10,12,19H,5-6,8-9H2,1-4H3. The third-order valence-corrected chi connectivity index (χ3v) is 3.74. The lowest BCUT2D eigenvalue weighted by atomic mass is 9.90. The summed E-state index contributed by atoms with van der Waals surface area (Å²) >= 11 is 0.